The van der Waals surface area contributed by atoms with Crippen molar-refractivity contribution in [2.45, 2.75) is 24.8 Å². The van der Waals surface area contributed by atoms with Crippen LogP contribution in [0.25, 0.3) is 17.0 Å². The number of aromatic amines is 1. The van der Waals surface area contributed by atoms with Crippen LogP contribution in [-0.2, 0) is 5.75 Å². The first-order valence-corrected chi connectivity index (χ1v) is 9.19. The van der Waals surface area contributed by atoms with Gasteiger partial charge in [0.25, 0.3) is 5.56 Å². The number of pyridine rings is 1. The van der Waals surface area contributed by atoms with E-state index in [1.165, 1.54) is 17.3 Å². The molecule has 0 atom stereocenters. The molecule has 3 heterocycles. The van der Waals surface area contributed by atoms with Crippen LogP contribution in [0.15, 0.2) is 58.6 Å². The second-order valence-corrected chi connectivity index (χ2v) is 7.03. The minimum absolute atomic E-state index is 0.0790. The highest BCUT2D eigenvalue weighted by Gasteiger charge is 2.09. The predicted octanol–water partition coefficient (Wildman–Crippen LogP) is 3.39. The van der Waals surface area contributed by atoms with Gasteiger partial charge in [-0.25, -0.2) is 9.97 Å². The van der Waals surface area contributed by atoms with Crippen molar-refractivity contribution in [2.75, 3.05) is 0 Å². The van der Waals surface area contributed by atoms with Crippen molar-refractivity contribution in [3.63, 3.8) is 0 Å². The topological polar surface area (TPSA) is 75.9 Å². The zero-order valence-corrected chi connectivity index (χ0v) is 15.2. The number of nitrogens with zero attached hydrogens (tertiary/aromatic N) is 4. The van der Waals surface area contributed by atoms with Gasteiger partial charge in [0, 0.05) is 23.6 Å². The van der Waals surface area contributed by atoms with Crippen molar-refractivity contribution in [1.82, 2.24) is 24.6 Å². The molecule has 4 rings (SSSR count). The van der Waals surface area contributed by atoms with Gasteiger partial charge in [-0.3, -0.25) is 14.3 Å². The Hall–Kier alpha value is -2.93. The van der Waals surface area contributed by atoms with E-state index in [1.807, 2.05) is 50.2 Å². The van der Waals surface area contributed by atoms with Gasteiger partial charge in [0.05, 0.1) is 5.69 Å². The molecule has 1 N–H and O–H groups in total. The highest BCUT2D eigenvalue weighted by atomic mass is 32.2. The summed E-state index contributed by atoms with van der Waals surface area (Å²) in [5.41, 5.74) is 4.49. The van der Waals surface area contributed by atoms with Crippen molar-refractivity contribution < 1.29 is 0 Å². The summed E-state index contributed by atoms with van der Waals surface area (Å²) in [4.78, 5) is 21.4. The Balaban J connectivity index is 1.54. The van der Waals surface area contributed by atoms with Crippen molar-refractivity contribution >= 4 is 17.4 Å². The van der Waals surface area contributed by atoms with Crippen LogP contribution in [-0.4, -0.2) is 24.6 Å². The quantitative estimate of drug-likeness (QED) is 0.563. The second-order valence-electron chi connectivity index (χ2n) is 6.09. The van der Waals surface area contributed by atoms with Crippen LogP contribution in [0.3, 0.4) is 0 Å². The smallest absolute Gasteiger partial charge is 0.258 e. The van der Waals surface area contributed by atoms with E-state index in [1.54, 1.807) is 16.7 Å². The highest BCUT2D eigenvalue weighted by Crippen LogP contribution is 2.22. The molecule has 0 aliphatic rings. The van der Waals surface area contributed by atoms with Gasteiger partial charge in [-0.15, -0.1) is 5.10 Å². The number of hydrogen-bond donors (Lipinski definition) is 1. The fraction of sp³-hybridized carbons (Fsp3) is 0.158. The Morgan fingerprint density at radius 2 is 1.92 bits per heavy atom. The molecule has 0 aliphatic heterocycles. The minimum atomic E-state index is -0.0790. The molecule has 0 saturated heterocycles. The summed E-state index contributed by atoms with van der Waals surface area (Å²) in [5, 5.41) is 7.84. The first kappa shape index (κ1) is 16.5. The molecule has 0 unspecified atom stereocenters. The van der Waals surface area contributed by atoms with E-state index < -0.39 is 0 Å². The summed E-state index contributed by atoms with van der Waals surface area (Å²) in [7, 11) is 0. The Morgan fingerprint density at radius 1 is 1.12 bits per heavy atom. The van der Waals surface area contributed by atoms with Gasteiger partial charge in [0.1, 0.15) is 5.65 Å². The maximum atomic E-state index is 12.3. The molecule has 0 radical (unpaired) electrons. The molecule has 0 spiro atoms. The lowest BCUT2D eigenvalue weighted by atomic mass is 10.1. The van der Waals surface area contributed by atoms with E-state index in [4.69, 9.17) is 0 Å². The summed E-state index contributed by atoms with van der Waals surface area (Å²) < 4.78 is 1.56. The van der Waals surface area contributed by atoms with Crippen LogP contribution in [0.1, 0.15) is 16.8 Å². The van der Waals surface area contributed by atoms with E-state index in [9.17, 15) is 4.79 Å². The molecule has 4 aromatic rings. The van der Waals surface area contributed by atoms with Crippen LogP contribution < -0.4 is 5.56 Å². The van der Waals surface area contributed by atoms with Crippen molar-refractivity contribution in [1.29, 1.82) is 0 Å². The van der Waals surface area contributed by atoms with Crippen molar-refractivity contribution in [2.24, 2.45) is 0 Å². The van der Waals surface area contributed by atoms with Crippen molar-refractivity contribution in [3.8, 4) is 11.4 Å². The van der Waals surface area contributed by atoms with Gasteiger partial charge in [0.2, 0.25) is 5.16 Å². The maximum Gasteiger partial charge on any atom is 0.258 e. The second kappa shape index (κ2) is 6.76. The number of benzene rings is 1. The zero-order valence-electron chi connectivity index (χ0n) is 14.4. The van der Waals surface area contributed by atoms with E-state index in [-0.39, 0.29) is 5.56 Å². The summed E-state index contributed by atoms with van der Waals surface area (Å²) in [6.07, 6.45) is 1.73. The number of fused-ring (bicyclic) bond motifs is 1. The molecule has 1 aromatic carbocycles. The highest BCUT2D eigenvalue weighted by molar-refractivity contribution is 7.98. The number of thioether (sulfide) groups is 1. The number of rotatable bonds is 4. The zero-order chi connectivity index (χ0) is 18.1. The Bertz CT molecular complexity index is 1130. The molecule has 0 amide bonds. The largest absolute Gasteiger partial charge is 0.269 e. The van der Waals surface area contributed by atoms with Gasteiger partial charge in [-0.1, -0.05) is 47.7 Å². The van der Waals surface area contributed by atoms with E-state index in [2.05, 4.69) is 20.2 Å². The summed E-state index contributed by atoms with van der Waals surface area (Å²) >= 11 is 1.45. The predicted molar refractivity (Wildman–Crippen MR) is 102 cm³/mol. The first-order chi connectivity index (χ1) is 12.6. The molecule has 0 aliphatic carbocycles. The average molecular weight is 363 g/mol. The van der Waals surface area contributed by atoms with Crippen LogP contribution in [0.4, 0.5) is 0 Å². The maximum absolute atomic E-state index is 12.3. The Morgan fingerprint density at radius 3 is 2.73 bits per heavy atom. The monoisotopic (exact) mass is 363 g/mol. The number of H-pyrrole nitrogens is 1. The lowest BCUT2D eigenvalue weighted by Crippen LogP contribution is -2.15. The third-order valence-electron chi connectivity index (χ3n) is 4.08. The summed E-state index contributed by atoms with van der Waals surface area (Å²) in [6.45, 7) is 3.99. The van der Waals surface area contributed by atoms with Gasteiger partial charge >= 0.3 is 0 Å². The van der Waals surface area contributed by atoms with E-state index in [0.29, 0.717) is 16.6 Å². The van der Waals surface area contributed by atoms with Gasteiger partial charge < -0.3 is 0 Å². The third kappa shape index (κ3) is 3.25. The number of aromatic nitrogens is 5. The average Bonchev–Trinajstić information content (AvgIpc) is 3.10. The molecule has 7 heteroatoms. The molecular weight excluding hydrogens is 346 g/mol. The van der Waals surface area contributed by atoms with Crippen LogP contribution in [0.2, 0.25) is 0 Å². The first-order valence-electron chi connectivity index (χ1n) is 8.20. The van der Waals surface area contributed by atoms with Crippen LogP contribution in [0.5, 0.6) is 0 Å². The van der Waals surface area contributed by atoms with Crippen molar-refractivity contribution in [3.05, 3.63) is 75.8 Å². The summed E-state index contributed by atoms with van der Waals surface area (Å²) in [6, 6.07) is 13.5. The summed E-state index contributed by atoms with van der Waals surface area (Å²) in [5.74, 6) is 1.26. The van der Waals surface area contributed by atoms with Crippen LogP contribution >= 0.6 is 11.8 Å². The molecule has 130 valence electrons. The lowest BCUT2D eigenvalue weighted by Gasteiger charge is -2.05. The Labute approximate surface area is 154 Å². The fourth-order valence-corrected chi connectivity index (χ4v) is 3.36. The molecular formula is C19H17N5OS. The lowest BCUT2D eigenvalue weighted by molar-refractivity contribution is 0.967. The van der Waals surface area contributed by atoms with Gasteiger partial charge in [-0.2, -0.15) is 0 Å². The normalized spacial score (nSPS) is 11.2. The standard InChI is InChI=1S/C19H17N5OS/c1-12-5-7-14(8-6-12)17-21-19(23-22-17)26-11-15-10-16(25)24-9-3-4-13(2)18(24)20-15/h3-10H,11H2,1-2H3,(H,21,22,23). The minimum Gasteiger partial charge on any atom is -0.269 e. The van der Waals surface area contributed by atoms with E-state index >= 15 is 0 Å². The molecule has 0 saturated carbocycles. The Kier molecular flexibility index (Phi) is 4.30. The van der Waals surface area contributed by atoms with E-state index in [0.717, 1.165) is 22.6 Å². The fourth-order valence-electron chi connectivity index (χ4n) is 2.67. The van der Waals surface area contributed by atoms with Gasteiger partial charge in [-0.05, 0) is 25.5 Å². The SMILES string of the molecule is Cc1ccc(-c2nc(SCc3cc(=O)n4cccc(C)c4n3)n[nH]2)cc1. The molecule has 3 aromatic heterocycles. The number of hydrogen-bond acceptors (Lipinski definition) is 5. The third-order valence-corrected chi connectivity index (χ3v) is 4.96. The van der Waals surface area contributed by atoms with Crippen LogP contribution in [0, 0.1) is 13.8 Å². The molecule has 26 heavy (non-hydrogen) atoms. The number of aryl methyl sites for hydroxylation is 2. The molecule has 0 fully saturated rings. The van der Waals surface area contributed by atoms with Gasteiger partial charge in [0.15, 0.2) is 5.82 Å². The number of nitrogens with one attached hydrogen (secondary N) is 1. The molecule has 6 nitrogen and oxygen atoms in total. The molecule has 0 bridgehead atoms.